The summed E-state index contributed by atoms with van der Waals surface area (Å²) < 4.78 is 7.48. The van der Waals surface area contributed by atoms with Gasteiger partial charge in [-0.3, -0.25) is 0 Å². The molecule has 0 spiro atoms. The second kappa shape index (κ2) is 7.07. The Hall–Kier alpha value is -2.41. The van der Waals surface area contributed by atoms with Gasteiger partial charge in [-0.15, -0.1) is 0 Å². The lowest BCUT2D eigenvalue weighted by atomic mass is 9.93. The van der Waals surface area contributed by atoms with Crippen LogP contribution in [0.3, 0.4) is 0 Å². The van der Waals surface area contributed by atoms with Crippen LogP contribution in [0.2, 0.25) is 5.02 Å². The molecule has 1 aliphatic heterocycles. The van der Waals surface area contributed by atoms with Crippen LogP contribution >= 0.6 is 11.6 Å². The lowest BCUT2D eigenvalue weighted by Gasteiger charge is -2.33. The first-order chi connectivity index (χ1) is 12.3. The number of ether oxygens (including phenoxy) is 1. The summed E-state index contributed by atoms with van der Waals surface area (Å²) in [6, 6.07) is 3.67. The van der Waals surface area contributed by atoms with Gasteiger partial charge < -0.3 is 9.57 Å². The summed E-state index contributed by atoms with van der Waals surface area (Å²) in [5.74, 6) is 0.243. The zero-order chi connectivity index (χ0) is 18.9. The van der Waals surface area contributed by atoms with Crippen molar-refractivity contribution in [2.45, 2.75) is 46.1 Å². The molecule has 0 N–H and O–H groups in total. The molecule has 0 unspecified atom stereocenters. The van der Waals surface area contributed by atoms with Gasteiger partial charge >= 0.3 is 5.97 Å². The van der Waals surface area contributed by atoms with E-state index in [1.165, 1.54) is 17.3 Å². The Balaban J connectivity index is 2.04. The highest BCUT2D eigenvalue weighted by Crippen LogP contribution is 2.36. The quantitative estimate of drug-likeness (QED) is 0.355. The van der Waals surface area contributed by atoms with Crippen LogP contribution < -0.4 is 4.74 Å². The molecule has 0 saturated heterocycles. The van der Waals surface area contributed by atoms with Gasteiger partial charge in [0.15, 0.2) is 0 Å². The molecule has 0 fully saturated rings. The largest absolute Gasteiger partial charge is 0.488 e. The monoisotopic (exact) mass is 376 g/mol. The lowest BCUT2D eigenvalue weighted by Crippen LogP contribution is -2.32. The zero-order valence-electron chi connectivity index (χ0n) is 15.2. The van der Waals surface area contributed by atoms with Crippen molar-refractivity contribution in [1.82, 2.24) is 14.8 Å². The van der Waals surface area contributed by atoms with Crippen LogP contribution in [-0.4, -0.2) is 32.2 Å². The van der Waals surface area contributed by atoms with Crippen molar-refractivity contribution >= 4 is 23.4 Å². The normalized spacial score (nSPS) is 16.2. The van der Waals surface area contributed by atoms with Crippen LogP contribution in [0.25, 0.3) is 0 Å². The predicted octanol–water partition coefficient (Wildman–Crippen LogP) is 3.44. The van der Waals surface area contributed by atoms with Gasteiger partial charge in [-0.25, -0.2) is 9.78 Å². The molecule has 2 heterocycles. The molecule has 1 aromatic heterocycles. The highest BCUT2D eigenvalue weighted by atomic mass is 35.5. The van der Waals surface area contributed by atoms with E-state index in [0.29, 0.717) is 10.6 Å². The van der Waals surface area contributed by atoms with Crippen molar-refractivity contribution in [2.75, 3.05) is 0 Å². The van der Waals surface area contributed by atoms with E-state index in [-0.39, 0.29) is 17.4 Å². The summed E-state index contributed by atoms with van der Waals surface area (Å²) in [4.78, 5) is 20.8. The molecular weight excluding hydrogens is 356 g/mol. The zero-order valence-corrected chi connectivity index (χ0v) is 15.9. The van der Waals surface area contributed by atoms with E-state index in [1.807, 2.05) is 26.0 Å². The number of nitrogens with zero attached hydrogens (tertiary/aromatic N) is 4. The average molecular weight is 377 g/mol. The van der Waals surface area contributed by atoms with Crippen LogP contribution in [-0.2, 0) is 16.1 Å². The number of aryl methyl sites for hydroxylation is 1. The van der Waals surface area contributed by atoms with Gasteiger partial charge in [-0.05, 0) is 44.4 Å². The minimum atomic E-state index is -0.450. The van der Waals surface area contributed by atoms with Gasteiger partial charge in [-0.2, -0.15) is 9.78 Å². The van der Waals surface area contributed by atoms with Gasteiger partial charge in [0.2, 0.25) is 5.84 Å². The number of rotatable bonds is 3. The average Bonchev–Trinajstić information content (AvgIpc) is 3.09. The SMILES string of the molecule is CC(C)C(=O)O/N=C(/c1cc2c(cc1Cl)CCC(C)(C)O2)n1cncn1. The maximum absolute atomic E-state index is 11.8. The van der Waals surface area contributed by atoms with Crippen LogP contribution in [0.15, 0.2) is 29.9 Å². The fraction of sp³-hybridized carbons (Fsp3) is 0.444. The maximum Gasteiger partial charge on any atom is 0.337 e. The van der Waals surface area contributed by atoms with E-state index in [2.05, 4.69) is 15.2 Å². The Morgan fingerprint density at radius 3 is 2.85 bits per heavy atom. The minimum Gasteiger partial charge on any atom is -0.488 e. The Kier molecular flexibility index (Phi) is 5.00. The van der Waals surface area contributed by atoms with E-state index < -0.39 is 5.97 Å². The van der Waals surface area contributed by atoms with Gasteiger partial charge in [0.05, 0.1) is 10.9 Å². The van der Waals surface area contributed by atoms with E-state index >= 15 is 0 Å². The topological polar surface area (TPSA) is 78.6 Å². The molecule has 8 heteroatoms. The molecule has 0 radical (unpaired) electrons. The number of hydrogen-bond acceptors (Lipinski definition) is 6. The first-order valence-corrected chi connectivity index (χ1v) is 8.80. The Morgan fingerprint density at radius 2 is 2.19 bits per heavy atom. The van der Waals surface area contributed by atoms with Crippen molar-refractivity contribution in [1.29, 1.82) is 0 Å². The molecule has 0 aliphatic carbocycles. The Bertz CT molecular complexity index is 844. The van der Waals surface area contributed by atoms with Crippen molar-refractivity contribution in [2.24, 2.45) is 11.1 Å². The molecule has 0 atom stereocenters. The van der Waals surface area contributed by atoms with Gasteiger partial charge in [0.25, 0.3) is 0 Å². The molecule has 1 aromatic carbocycles. The summed E-state index contributed by atoms with van der Waals surface area (Å²) in [5.41, 5.74) is 1.33. The number of carbonyl (C=O) groups is 1. The highest BCUT2D eigenvalue weighted by molar-refractivity contribution is 6.34. The summed E-state index contributed by atoms with van der Waals surface area (Å²) in [5, 5.41) is 8.55. The third kappa shape index (κ3) is 3.88. The first kappa shape index (κ1) is 18.4. The Labute approximate surface area is 157 Å². The molecule has 7 nitrogen and oxygen atoms in total. The second-order valence-electron chi connectivity index (χ2n) is 7.12. The number of oxime groups is 1. The van der Waals surface area contributed by atoms with Crippen LogP contribution in [0, 0.1) is 5.92 Å². The molecule has 2 aromatic rings. The molecule has 26 heavy (non-hydrogen) atoms. The van der Waals surface area contributed by atoms with E-state index in [1.54, 1.807) is 13.8 Å². The van der Waals surface area contributed by atoms with Crippen LogP contribution in [0.4, 0.5) is 0 Å². The fourth-order valence-electron chi connectivity index (χ4n) is 2.57. The molecule has 0 saturated carbocycles. The third-order valence-corrected chi connectivity index (χ3v) is 4.42. The smallest absolute Gasteiger partial charge is 0.337 e. The molecule has 0 amide bonds. The molecule has 3 rings (SSSR count). The minimum absolute atomic E-state index is 0.257. The fourth-order valence-corrected chi connectivity index (χ4v) is 2.84. The van der Waals surface area contributed by atoms with Gasteiger partial charge in [0.1, 0.15) is 24.0 Å². The summed E-state index contributed by atoms with van der Waals surface area (Å²) >= 11 is 6.48. The second-order valence-corrected chi connectivity index (χ2v) is 7.53. The van der Waals surface area contributed by atoms with E-state index in [9.17, 15) is 4.79 Å². The number of hydrogen-bond donors (Lipinski definition) is 0. The van der Waals surface area contributed by atoms with Crippen LogP contribution in [0.1, 0.15) is 45.2 Å². The summed E-state index contributed by atoms with van der Waals surface area (Å²) in [6.07, 6.45) is 4.61. The van der Waals surface area contributed by atoms with Gasteiger partial charge in [0, 0.05) is 5.56 Å². The molecule has 0 bridgehead atoms. The lowest BCUT2D eigenvalue weighted by molar-refractivity contribution is -0.147. The number of halogens is 1. The number of carbonyl (C=O) groups excluding carboxylic acids is 1. The summed E-state index contributed by atoms with van der Waals surface area (Å²) in [6.45, 7) is 7.55. The molecule has 138 valence electrons. The number of fused-ring (bicyclic) bond motifs is 1. The van der Waals surface area contributed by atoms with Crippen LogP contribution in [0.5, 0.6) is 5.75 Å². The standard InChI is InChI=1S/C18H21ClN4O3/c1-11(2)17(24)26-22-16(23-10-20-9-21-23)13-8-15-12(7-14(13)19)5-6-18(3,4)25-15/h7-11H,5-6H2,1-4H3/b22-16-. The van der Waals surface area contributed by atoms with Crippen molar-refractivity contribution in [3.05, 3.63) is 40.9 Å². The van der Waals surface area contributed by atoms with Crippen molar-refractivity contribution in [3.63, 3.8) is 0 Å². The molecular formula is C18H21ClN4O3. The van der Waals surface area contributed by atoms with Gasteiger partial charge in [-0.1, -0.05) is 30.6 Å². The predicted molar refractivity (Wildman–Crippen MR) is 97.4 cm³/mol. The van der Waals surface area contributed by atoms with E-state index in [0.717, 1.165) is 24.2 Å². The summed E-state index contributed by atoms with van der Waals surface area (Å²) in [7, 11) is 0. The molecule has 1 aliphatic rings. The number of aromatic nitrogens is 3. The van der Waals surface area contributed by atoms with E-state index in [4.69, 9.17) is 21.2 Å². The number of benzene rings is 1. The highest BCUT2D eigenvalue weighted by Gasteiger charge is 2.28. The van der Waals surface area contributed by atoms with Crippen molar-refractivity contribution in [3.8, 4) is 5.75 Å². The first-order valence-electron chi connectivity index (χ1n) is 8.42. The third-order valence-electron chi connectivity index (χ3n) is 4.10. The maximum atomic E-state index is 11.8. The Morgan fingerprint density at radius 1 is 1.42 bits per heavy atom. The van der Waals surface area contributed by atoms with Crippen molar-refractivity contribution < 1.29 is 14.4 Å².